The first kappa shape index (κ1) is 20.2. The van der Waals surface area contributed by atoms with E-state index in [9.17, 15) is 14.4 Å². The summed E-state index contributed by atoms with van der Waals surface area (Å²) in [5.41, 5.74) is 0.558. The first-order chi connectivity index (χ1) is 14.6. The Morgan fingerprint density at radius 3 is 2.47 bits per heavy atom. The van der Waals surface area contributed by atoms with Gasteiger partial charge in [0.15, 0.2) is 5.76 Å². The predicted molar refractivity (Wildman–Crippen MR) is 109 cm³/mol. The van der Waals surface area contributed by atoms with Gasteiger partial charge in [0.05, 0.1) is 31.0 Å². The van der Waals surface area contributed by atoms with E-state index in [1.165, 1.54) is 11.2 Å². The quantitative estimate of drug-likeness (QED) is 0.678. The smallest absolute Gasteiger partial charge is 0.289 e. The minimum absolute atomic E-state index is 0.152. The van der Waals surface area contributed by atoms with Crippen LogP contribution < -0.4 is 9.64 Å². The highest BCUT2D eigenvalue weighted by Gasteiger charge is 2.43. The van der Waals surface area contributed by atoms with Crippen LogP contribution in [0.2, 0.25) is 0 Å². The maximum atomic E-state index is 13.0. The summed E-state index contributed by atoms with van der Waals surface area (Å²) < 4.78 is 10.7. The highest BCUT2D eigenvalue weighted by molar-refractivity contribution is 6.22. The molecule has 0 radical (unpaired) electrons. The van der Waals surface area contributed by atoms with E-state index in [1.807, 2.05) is 11.8 Å². The Morgan fingerprint density at radius 2 is 1.83 bits per heavy atom. The Kier molecular flexibility index (Phi) is 5.85. The largest absolute Gasteiger partial charge is 0.494 e. The third-order valence-corrected chi connectivity index (χ3v) is 5.46. The summed E-state index contributed by atoms with van der Waals surface area (Å²) in [5, 5.41) is 0. The lowest BCUT2D eigenvalue weighted by atomic mass is 10.1. The number of nitrogens with zero attached hydrogens (tertiary/aromatic N) is 3. The van der Waals surface area contributed by atoms with Crippen LogP contribution in [0.3, 0.4) is 0 Å². The number of ether oxygens (including phenoxy) is 1. The number of hydrogen-bond acceptors (Lipinski definition) is 6. The molecule has 30 heavy (non-hydrogen) atoms. The van der Waals surface area contributed by atoms with Crippen LogP contribution in [-0.2, 0) is 9.59 Å². The number of carbonyl (C=O) groups is 3. The molecule has 2 aliphatic heterocycles. The number of hydrogen-bond donors (Lipinski definition) is 0. The van der Waals surface area contributed by atoms with E-state index < -0.39 is 6.04 Å². The second kappa shape index (κ2) is 8.71. The first-order valence-corrected chi connectivity index (χ1v) is 10.2. The van der Waals surface area contributed by atoms with Gasteiger partial charge in [-0.25, -0.2) is 4.90 Å². The summed E-state index contributed by atoms with van der Waals surface area (Å²) in [6.07, 6.45) is 2.54. The van der Waals surface area contributed by atoms with Gasteiger partial charge in [-0.05, 0) is 42.8 Å². The van der Waals surface area contributed by atoms with Crippen LogP contribution in [0, 0.1) is 0 Å². The van der Waals surface area contributed by atoms with Crippen molar-refractivity contribution in [2.75, 3.05) is 37.7 Å². The Hall–Kier alpha value is -3.13. The van der Waals surface area contributed by atoms with E-state index in [-0.39, 0.29) is 24.1 Å². The third kappa shape index (κ3) is 3.95. The van der Waals surface area contributed by atoms with Crippen molar-refractivity contribution in [2.45, 2.75) is 25.8 Å². The number of benzene rings is 1. The third-order valence-electron chi connectivity index (χ3n) is 5.46. The summed E-state index contributed by atoms with van der Waals surface area (Å²) in [6.45, 7) is 4.70. The topological polar surface area (TPSA) is 83.3 Å². The van der Waals surface area contributed by atoms with Crippen molar-refractivity contribution in [2.24, 2.45) is 0 Å². The van der Waals surface area contributed by atoms with Gasteiger partial charge in [-0.1, -0.05) is 6.92 Å². The number of anilines is 1. The Labute approximate surface area is 175 Å². The zero-order valence-corrected chi connectivity index (χ0v) is 17.0. The molecule has 3 amide bonds. The molecule has 1 aromatic heterocycles. The van der Waals surface area contributed by atoms with Crippen molar-refractivity contribution in [3.05, 3.63) is 48.4 Å². The Bertz CT molecular complexity index is 901. The fourth-order valence-electron chi connectivity index (χ4n) is 3.88. The molecule has 1 atom stereocenters. The maximum Gasteiger partial charge on any atom is 0.289 e. The molecular weight excluding hydrogens is 386 g/mol. The fourth-order valence-corrected chi connectivity index (χ4v) is 3.88. The number of carbonyl (C=O) groups excluding carboxylic acids is 3. The molecule has 0 saturated carbocycles. The highest BCUT2D eigenvalue weighted by Crippen LogP contribution is 2.28. The van der Waals surface area contributed by atoms with Crippen molar-refractivity contribution < 1.29 is 23.5 Å². The molecule has 0 spiro atoms. The molecule has 158 valence electrons. The number of furan rings is 1. The average Bonchev–Trinajstić information content (AvgIpc) is 3.41. The second-order valence-electron chi connectivity index (χ2n) is 7.44. The van der Waals surface area contributed by atoms with Crippen LogP contribution in [0.4, 0.5) is 5.69 Å². The van der Waals surface area contributed by atoms with E-state index >= 15 is 0 Å². The van der Waals surface area contributed by atoms with Gasteiger partial charge < -0.3 is 14.1 Å². The van der Waals surface area contributed by atoms with Crippen molar-refractivity contribution in [1.82, 2.24) is 9.80 Å². The molecule has 1 aromatic carbocycles. The van der Waals surface area contributed by atoms with Gasteiger partial charge in [0, 0.05) is 26.2 Å². The zero-order valence-electron chi connectivity index (χ0n) is 17.0. The van der Waals surface area contributed by atoms with Crippen LogP contribution in [0.15, 0.2) is 47.1 Å². The minimum atomic E-state index is -0.491. The van der Waals surface area contributed by atoms with Crippen molar-refractivity contribution in [1.29, 1.82) is 0 Å². The molecule has 2 aromatic rings. The number of amides is 3. The van der Waals surface area contributed by atoms with Gasteiger partial charge in [-0.2, -0.15) is 0 Å². The summed E-state index contributed by atoms with van der Waals surface area (Å²) in [7, 11) is 0. The van der Waals surface area contributed by atoms with Gasteiger partial charge in [-0.3, -0.25) is 19.3 Å². The predicted octanol–water partition coefficient (Wildman–Crippen LogP) is 2.16. The number of piperazine rings is 1. The highest BCUT2D eigenvalue weighted by atomic mass is 16.5. The average molecular weight is 411 g/mol. The molecule has 0 unspecified atom stereocenters. The van der Waals surface area contributed by atoms with Crippen molar-refractivity contribution in [3.63, 3.8) is 0 Å². The van der Waals surface area contributed by atoms with Crippen molar-refractivity contribution >= 4 is 23.4 Å². The van der Waals surface area contributed by atoms with Crippen LogP contribution in [0.1, 0.15) is 30.3 Å². The number of imide groups is 1. The normalized spacial score (nSPS) is 20.1. The molecule has 2 fully saturated rings. The molecular formula is C22H25N3O5. The lowest BCUT2D eigenvalue weighted by molar-refractivity contribution is -0.123. The summed E-state index contributed by atoms with van der Waals surface area (Å²) in [6, 6.07) is 9.87. The summed E-state index contributed by atoms with van der Waals surface area (Å²) in [5.74, 6) is 0.455. The lowest BCUT2D eigenvalue weighted by Crippen LogP contribution is -2.53. The second-order valence-corrected chi connectivity index (χ2v) is 7.44. The Morgan fingerprint density at radius 1 is 1.10 bits per heavy atom. The fraction of sp³-hybridized carbons (Fsp3) is 0.409. The van der Waals surface area contributed by atoms with Crippen LogP contribution in [0.5, 0.6) is 5.75 Å². The van der Waals surface area contributed by atoms with Gasteiger partial charge in [0.25, 0.3) is 11.8 Å². The molecule has 2 saturated heterocycles. The van der Waals surface area contributed by atoms with Gasteiger partial charge in [0.1, 0.15) is 5.75 Å². The van der Waals surface area contributed by atoms with E-state index in [1.54, 1.807) is 41.3 Å². The molecule has 8 nitrogen and oxygen atoms in total. The van der Waals surface area contributed by atoms with E-state index in [0.29, 0.717) is 50.0 Å². The zero-order chi connectivity index (χ0) is 21.1. The Balaban J connectivity index is 1.38. The van der Waals surface area contributed by atoms with Crippen LogP contribution in [0.25, 0.3) is 0 Å². The lowest BCUT2D eigenvalue weighted by Gasteiger charge is -2.36. The standard InChI is InChI=1S/C22H25N3O5/c1-2-13-29-17-7-5-16(6-8-17)25-20(26)15-18(21(25)27)23-9-11-24(12-10-23)22(28)19-4-3-14-30-19/h3-8,14,18H,2,9-13,15H2,1H3/t18-/m1/s1. The monoisotopic (exact) mass is 411 g/mol. The van der Waals surface area contributed by atoms with E-state index in [2.05, 4.69) is 0 Å². The van der Waals surface area contributed by atoms with Crippen molar-refractivity contribution in [3.8, 4) is 5.75 Å². The molecule has 0 bridgehead atoms. The minimum Gasteiger partial charge on any atom is -0.494 e. The summed E-state index contributed by atoms with van der Waals surface area (Å²) in [4.78, 5) is 43.0. The SMILES string of the molecule is CCCOc1ccc(N2C(=O)C[C@@H](N3CCN(C(=O)c4ccco4)CC3)C2=O)cc1. The number of rotatable bonds is 6. The van der Waals surface area contributed by atoms with Gasteiger partial charge in [-0.15, -0.1) is 0 Å². The summed E-state index contributed by atoms with van der Waals surface area (Å²) >= 11 is 0. The van der Waals surface area contributed by atoms with Gasteiger partial charge >= 0.3 is 0 Å². The van der Waals surface area contributed by atoms with Crippen LogP contribution in [-0.4, -0.2) is 66.3 Å². The molecule has 4 rings (SSSR count). The molecule has 2 aliphatic rings. The van der Waals surface area contributed by atoms with E-state index in [4.69, 9.17) is 9.15 Å². The van der Waals surface area contributed by atoms with Crippen LogP contribution >= 0.6 is 0 Å². The molecule has 3 heterocycles. The molecule has 8 heteroatoms. The van der Waals surface area contributed by atoms with E-state index in [0.717, 1.165) is 6.42 Å². The first-order valence-electron chi connectivity index (χ1n) is 10.2. The maximum absolute atomic E-state index is 13.0. The van der Waals surface area contributed by atoms with Gasteiger partial charge in [0.2, 0.25) is 5.91 Å². The molecule has 0 aliphatic carbocycles. The molecule has 0 N–H and O–H groups in total.